The molecule has 1 atom stereocenters. The molecule has 1 amide bonds. The first-order valence-electron chi connectivity index (χ1n) is 9.46. The number of anilines is 1. The quantitative estimate of drug-likeness (QED) is 0.741. The van der Waals surface area contributed by atoms with Crippen LogP contribution in [0.3, 0.4) is 0 Å². The number of pyridine rings is 1. The van der Waals surface area contributed by atoms with Gasteiger partial charge in [0.15, 0.2) is 0 Å². The summed E-state index contributed by atoms with van der Waals surface area (Å²) in [7, 11) is 0. The van der Waals surface area contributed by atoms with E-state index in [1.54, 1.807) is 6.20 Å². The third kappa shape index (κ3) is 6.29. The molecule has 1 aliphatic heterocycles. The monoisotopic (exact) mass is 348 g/mol. The van der Waals surface area contributed by atoms with Crippen molar-refractivity contribution in [1.29, 1.82) is 0 Å². The van der Waals surface area contributed by atoms with Crippen molar-refractivity contribution in [2.45, 2.75) is 39.7 Å². The Kier molecular flexibility index (Phi) is 8.15. The van der Waals surface area contributed by atoms with E-state index in [-0.39, 0.29) is 11.9 Å². The molecule has 1 aliphatic rings. The molecular formula is C19H32N4O2. The molecule has 6 nitrogen and oxygen atoms in total. The molecule has 1 unspecified atom stereocenters. The van der Waals surface area contributed by atoms with Crippen LogP contribution in [0.15, 0.2) is 18.3 Å². The Balaban J connectivity index is 1.77. The van der Waals surface area contributed by atoms with Crippen molar-refractivity contribution in [3.8, 4) is 0 Å². The van der Waals surface area contributed by atoms with Gasteiger partial charge in [0.1, 0.15) is 5.82 Å². The van der Waals surface area contributed by atoms with E-state index in [1.807, 2.05) is 12.1 Å². The fourth-order valence-corrected chi connectivity index (χ4v) is 3.04. The number of carbonyl (C=O) groups excluding carboxylic acids is 1. The average Bonchev–Trinajstić information content (AvgIpc) is 2.66. The minimum Gasteiger partial charge on any atom is -0.378 e. The average molecular weight is 348 g/mol. The van der Waals surface area contributed by atoms with E-state index < -0.39 is 0 Å². The number of ether oxygens (including phenoxy) is 1. The van der Waals surface area contributed by atoms with Crippen LogP contribution in [-0.2, 0) is 4.74 Å². The maximum atomic E-state index is 12.4. The Hall–Kier alpha value is -1.66. The van der Waals surface area contributed by atoms with Crippen LogP contribution in [0.1, 0.15) is 44.0 Å². The molecule has 25 heavy (non-hydrogen) atoms. The zero-order chi connectivity index (χ0) is 18.1. The zero-order valence-electron chi connectivity index (χ0n) is 15.8. The van der Waals surface area contributed by atoms with Gasteiger partial charge in [-0.3, -0.25) is 4.79 Å². The molecular weight excluding hydrogens is 316 g/mol. The second kappa shape index (κ2) is 10.4. The van der Waals surface area contributed by atoms with Crippen molar-refractivity contribution in [3.05, 3.63) is 23.9 Å². The summed E-state index contributed by atoms with van der Waals surface area (Å²) in [5.74, 6) is 0.864. The van der Waals surface area contributed by atoms with E-state index in [0.29, 0.717) is 5.56 Å². The van der Waals surface area contributed by atoms with Gasteiger partial charge in [-0.25, -0.2) is 4.98 Å². The van der Waals surface area contributed by atoms with Crippen molar-refractivity contribution < 1.29 is 9.53 Å². The molecule has 1 aromatic rings. The Morgan fingerprint density at radius 1 is 1.32 bits per heavy atom. The largest absolute Gasteiger partial charge is 0.378 e. The van der Waals surface area contributed by atoms with Crippen LogP contribution in [0, 0.1) is 0 Å². The standard InChI is InChI=1S/C19H32N4O2/c1-4-22(5-2)10-6-7-16(3)21-19(24)17-8-9-18(20-15-17)23-11-13-25-14-12-23/h8-9,15-16H,4-7,10-14H2,1-3H3,(H,21,24). The Labute approximate surface area is 151 Å². The van der Waals surface area contributed by atoms with Crippen molar-refractivity contribution in [2.75, 3.05) is 50.8 Å². The summed E-state index contributed by atoms with van der Waals surface area (Å²) >= 11 is 0. The minimum absolute atomic E-state index is 0.0450. The van der Waals surface area contributed by atoms with Gasteiger partial charge in [-0.05, 0) is 51.5 Å². The van der Waals surface area contributed by atoms with Gasteiger partial charge in [0.25, 0.3) is 5.91 Å². The maximum Gasteiger partial charge on any atom is 0.253 e. The third-order valence-corrected chi connectivity index (χ3v) is 4.73. The van der Waals surface area contributed by atoms with E-state index in [4.69, 9.17) is 4.74 Å². The fraction of sp³-hybridized carbons (Fsp3) is 0.684. The topological polar surface area (TPSA) is 57.7 Å². The molecule has 1 saturated heterocycles. The van der Waals surface area contributed by atoms with Crippen LogP contribution in [-0.4, -0.2) is 67.8 Å². The molecule has 1 fully saturated rings. The van der Waals surface area contributed by atoms with Crippen LogP contribution in [0.25, 0.3) is 0 Å². The number of hydrogen-bond donors (Lipinski definition) is 1. The molecule has 1 aromatic heterocycles. The predicted molar refractivity (Wildman–Crippen MR) is 101 cm³/mol. The van der Waals surface area contributed by atoms with Gasteiger partial charge in [-0.2, -0.15) is 0 Å². The van der Waals surface area contributed by atoms with Gasteiger partial charge in [0, 0.05) is 25.3 Å². The fourth-order valence-electron chi connectivity index (χ4n) is 3.04. The number of morpholine rings is 1. The summed E-state index contributed by atoms with van der Waals surface area (Å²) in [6, 6.07) is 3.95. The molecule has 6 heteroatoms. The van der Waals surface area contributed by atoms with E-state index >= 15 is 0 Å². The van der Waals surface area contributed by atoms with Crippen molar-refractivity contribution in [2.24, 2.45) is 0 Å². The van der Waals surface area contributed by atoms with E-state index in [9.17, 15) is 4.79 Å². The number of rotatable bonds is 9. The van der Waals surface area contributed by atoms with Crippen LogP contribution >= 0.6 is 0 Å². The first-order chi connectivity index (χ1) is 12.1. The van der Waals surface area contributed by atoms with Crippen LogP contribution in [0.5, 0.6) is 0 Å². The Morgan fingerprint density at radius 3 is 2.64 bits per heavy atom. The van der Waals surface area contributed by atoms with Crippen LogP contribution in [0.2, 0.25) is 0 Å². The van der Waals surface area contributed by atoms with Gasteiger partial charge in [0.05, 0.1) is 18.8 Å². The van der Waals surface area contributed by atoms with Crippen molar-refractivity contribution in [3.63, 3.8) is 0 Å². The van der Waals surface area contributed by atoms with Gasteiger partial charge in [-0.1, -0.05) is 13.8 Å². The molecule has 0 aromatic carbocycles. The third-order valence-electron chi connectivity index (χ3n) is 4.73. The number of hydrogen-bond acceptors (Lipinski definition) is 5. The summed E-state index contributed by atoms with van der Waals surface area (Å²) < 4.78 is 5.35. The van der Waals surface area contributed by atoms with E-state index in [0.717, 1.165) is 64.6 Å². The van der Waals surface area contributed by atoms with Crippen molar-refractivity contribution in [1.82, 2.24) is 15.2 Å². The second-order valence-electron chi connectivity index (χ2n) is 6.55. The van der Waals surface area contributed by atoms with Gasteiger partial charge in [0.2, 0.25) is 0 Å². The zero-order valence-corrected chi connectivity index (χ0v) is 15.8. The predicted octanol–water partition coefficient (Wildman–Crippen LogP) is 2.16. The lowest BCUT2D eigenvalue weighted by Crippen LogP contribution is -2.37. The highest BCUT2D eigenvalue weighted by molar-refractivity contribution is 5.94. The lowest BCUT2D eigenvalue weighted by Gasteiger charge is -2.27. The van der Waals surface area contributed by atoms with Crippen LogP contribution in [0.4, 0.5) is 5.82 Å². The number of amides is 1. The first kappa shape index (κ1) is 19.7. The summed E-state index contributed by atoms with van der Waals surface area (Å²) in [6.45, 7) is 12.8. The van der Waals surface area contributed by atoms with E-state index in [1.165, 1.54) is 0 Å². The molecule has 0 saturated carbocycles. The summed E-state index contributed by atoms with van der Waals surface area (Å²) in [5, 5.41) is 3.07. The molecule has 2 rings (SSSR count). The molecule has 0 aliphatic carbocycles. The lowest BCUT2D eigenvalue weighted by atomic mass is 10.1. The van der Waals surface area contributed by atoms with Gasteiger partial charge < -0.3 is 19.9 Å². The van der Waals surface area contributed by atoms with Crippen LogP contribution < -0.4 is 10.2 Å². The summed E-state index contributed by atoms with van der Waals surface area (Å²) in [4.78, 5) is 21.4. The Bertz CT molecular complexity index is 511. The molecule has 140 valence electrons. The molecule has 0 radical (unpaired) electrons. The highest BCUT2D eigenvalue weighted by Gasteiger charge is 2.14. The van der Waals surface area contributed by atoms with E-state index in [2.05, 4.69) is 40.9 Å². The minimum atomic E-state index is -0.0450. The summed E-state index contributed by atoms with van der Waals surface area (Å²) in [5.41, 5.74) is 0.618. The molecule has 2 heterocycles. The molecule has 1 N–H and O–H groups in total. The number of aromatic nitrogens is 1. The normalized spacial score (nSPS) is 16.1. The highest BCUT2D eigenvalue weighted by atomic mass is 16.5. The van der Waals surface area contributed by atoms with Gasteiger partial charge in [-0.15, -0.1) is 0 Å². The Morgan fingerprint density at radius 2 is 2.04 bits per heavy atom. The van der Waals surface area contributed by atoms with Crippen molar-refractivity contribution >= 4 is 11.7 Å². The smallest absolute Gasteiger partial charge is 0.253 e. The SMILES string of the molecule is CCN(CC)CCCC(C)NC(=O)c1ccc(N2CCOCC2)nc1. The lowest BCUT2D eigenvalue weighted by molar-refractivity contribution is 0.0936. The first-order valence-corrected chi connectivity index (χ1v) is 9.46. The number of nitrogens with zero attached hydrogens (tertiary/aromatic N) is 3. The number of nitrogens with one attached hydrogen (secondary N) is 1. The number of carbonyl (C=O) groups is 1. The highest BCUT2D eigenvalue weighted by Crippen LogP contribution is 2.13. The molecule has 0 bridgehead atoms. The maximum absolute atomic E-state index is 12.4. The molecule has 0 spiro atoms. The summed E-state index contributed by atoms with van der Waals surface area (Å²) in [6.07, 6.45) is 3.75. The van der Waals surface area contributed by atoms with Gasteiger partial charge >= 0.3 is 0 Å². The second-order valence-corrected chi connectivity index (χ2v) is 6.55.